The van der Waals surface area contributed by atoms with Crippen LogP contribution in [0.25, 0.3) is 21.3 Å². The molecule has 3 nitrogen and oxygen atoms in total. The van der Waals surface area contributed by atoms with Gasteiger partial charge < -0.3 is 9.30 Å². The zero-order valence-electron chi connectivity index (χ0n) is 11.4. The molecule has 0 aliphatic heterocycles. The van der Waals surface area contributed by atoms with E-state index in [1.165, 1.54) is 0 Å². The van der Waals surface area contributed by atoms with E-state index in [1.807, 2.05) is 60.3 Å². The average Bonchev–Trinajstić information content (AvgIpc) is 3.06. The summed E-state index contributed by atoms with van der Waals surface area (Å²) in [6.45, 7) is 2.20. The smallest absolute Gasteiger partial charge is 0.355 e. The highest BCUT2D eigenvalue weighted by molar-refractivity contribution is 7.13. The Morgan fingerprint density at radius 2 is 2.05 bits per heavy atom. The third-order valence-electron chi connectivity index (χ3n) is 3.34. The van der Waals surface area contributed by atoms with Gasteiger partial charge in [-0.3, -0.25) is 0 Å². The van der Waals surface area contributed by atoms with Crippen molar-refractivity contribution >= 4 is 28.2 Å². The van der Waals surface area contributed by atoms with Gasteiger partial charge in [-0.2, -0.15) is 0 Å². The van der Waals surface area contributed by atoms with Crippen molar-refractivity contribution in [3.8, 4) is 10.4 Å². The van der Waals surface area contributed by atoms with E-state index in [0.717, 1.165) is 21.3 Å². The molecule has 102 valence electrons. The molecule has 0 bridgehead atoms. The van der Waals surface area contributed by atoms with Gasteiger partial charge in [0.25, 0.3) is 0 Å². The van der Waals surface area contributed by atoms with Crippen LogP contribution in [-0.2, 0) is 11.8 Å². The van der Waals surface area contributed by atoms with Gasteiger partial charge in [0.05, 0.1) is 6.61 Å². The number of esters is 1. The van der Waals surface area contributed by atoms with E-state index in [0.29, 0.717) is 12.3 Å². The second kappa shape index (κ2) is 5.13. The Kier molecular flexibility index (Phi) is 3.32. The van der Waals surface area contributed by atoms with Gasteiger partial charge in [-0.05, 0) is 24.4 Å². The number of nitrogens with zero attached hydrogens (tertiary/aromatic N) is 1. The fourth-order valence-corrected chi connectivity index (χ4v) is 3.29. The fraction of sp³-hybridized carbons (Fsp3) is 0.188. The monoisotopic (exact) mass is 285 g/mol. The molecule has 0 aliphatic carbocycles. The van der Waals surface area contributed by atoms with Crippen molar-refractivity contribution in [1.29, 1.82) is 0 Å². The molecule has 4 heteroatoms. The van der Waals surface area contributed by atoms with Gasteiger partial charge in [0.1, 0.15) is 5.69 Å². The Labute approximate surface area is 121 Å². The molecule has 2 aromatic heterocycles. The van der Waals surface area contributed by atoms with Crippen LogP contribution in [-0.4, -0.2) is 17.1 Å². The molecule has 20 heavy (non-hydrogen) atoms. The van der Waals surface area contributed by atoms with Gasteiger partial charge in [-0.15, -0.1) is 11.3 Å². The summed E-state index contributed by atoms with van der Waals surface area (Å²) in [4.78, 5) is 13.4. The first kappa shape index (κ1) is 12.9. The zero-order valence-corrected chi connectivity index (χ0v) is 12.2. The van der Waals surface area contributed by atoms with E-state index in [4.69, 9.17) is 4.74 Å². The molecule has 2 heterocycles. The van der Waals surface area contributed by atoms with Gasteiger partial charge in [0, 0.05) is 28.4 Å². The predicted octanol–water partition coefficient (Wildman–Crippen LogP) is 4.08. The van der Waals surface area contributed by atoms with Gasteiger partial charge in [0.15, 0.2) is 0 Å². The normalized spacial score (nSPS) is 10.9. The molecule has 0 N–H and O–H groups in total. The molecule has 0 fully saturated rings. The van der Waals surface area contributed by atoms with E-state index >= 15 is 0 Å². The number of carbonyl (C=O) groups excluding carboxylic acids is 1. The molecule has 0 unspecified atom stereocenters. The standard InChI is InChI=1S/C16H15NO2S/c1-3-19-16(18)15-14(13-9-6-10-20-13)11-7-4-5-8-12(11)17(15)2/h4-10H,3H2,1-2H3. The summed E-state index contributed by atoms with van der Waals surface area (Å²) in [7, 11) is 1.91. The first-order valence-corrected chi connectivity index (χ1v) is 7.40. The number of benzene rings is 1. The molecule has 0 spiro atoms. The molecule has 0 aliphatic rings. The number of thiophene rings is 1. The lowest BCUT2D eigenvalue weighted by Gasteiger charge is -2.06. The number of fused-ring (bicyclic) bond motifs is 1. The number of carbonyl (C=O) groups is 1. The number of para-hydroxylation sites is 1. The lowest BCUT2D eigenvalue weighted by atomic mass is 10.1. The highest BCUT2D eigenvalue weighted by Gasteiger charge is 2.23. The number of aryl methyl sites for hydroxylation is 1. The number of ether oxygens (including phenoxy) is 1. The molecule has 3 rings (SSSR count). The van der Waals surface area contributed by atoms with Crippen LogP contribution in [0.2, 0.25) is 0 Å². The Morgan fingerprint density at radius 1 is 1.25 bits per heavy atom. The van der Waals surface area contributed by atoms with E-state index in [9.17, 15) is 4.79 Å². The maximum absolute atomic E-state index is 12.3. The maximum Gasteiger partial charge on any atom is 0.355 e. The second-order valence-corrected chi connectivity index (χ2v) is 5.45. The molecule has 0 amide bonds. The van der Waals surface area contributed by atoms with Crippen LogP contribution in [0, 0.1) is 0 Å². The first-order valence-electron chi connectivity index (χ1n) is 6.52. The van der Waals surface area contributed by atoms with Gasteiger partial charge in [-0.25, -0.2) is 4.79 Å². The maximum atomic E-state index is 12.3. The Hall–Kier alpha value is -2.07. The van der Waals surface area contributed by atoms with Crippen molar-refractivity contribution in [1.82, 2.24) is 4.57 Å². The van der Waals surface area contributed by atoms with Crippen LogP contribution in [0.1, 0.15) is 17.4 Å². The summed E-state index contributed by atoms with van der Waals surface area (Å²) in [6, 6.07) is 12.1. The molecule has 0 saturated carbocycles. The highest BCUT2D eigenvalue weighted by Crippen LogP contribution is 2.37. The van der Waals surface area contributed by atoms with E-state index in [1.54, 1.807) is 11.3 Å². The van der Waals surface area contributed by atoms with Crippen LogP contribution in [0.4, 0.5) is 0 Å². The Bertz CT molecular complexity index is 756. The number of hydrogen-bond acceptors (Lipinski definition) is 3. The second-order valence-electron chi connectivity index (χ2n) is 4.50. The summed E-state index contributed by atoms with van der Waals surface area (Å²) in [5.41, 5.74) is 2.63. The summed E-state index contributed by atoms with van der Waals surface area (Å²) in [5.74, 6) is -0.269. The zero-order chi connectivity index (χ0) is 14.1. The molecular weight excluding hydrogens is 270 g/mol. The minimum Gasteiger partial charge on any atom is -0.461 e. The van der Waals surface area contributed by atoms with Crippen molar-refractivity contribution in [2.24, 2.45) is 7.05 Å². The van der Waals surface area contributed by atoms with Gasteiger partial charge in [-0.1, -0.05) is 24.3 Å². The topological polar surface area (TPSA) is 31.2 Å². The molecular formula is C16H15NO2S. The SMILES string of the molecule is CCOC(=O)c1c(-c2cccs2)c2ccccc2n1C. The molecule has 0 atom stereocenters. The highest BCUT2D eigenvalue weighted by atomic mass is 32.1. The van der Waals surface area contributed by atoms with Crippen molar-refractivity contribution < 1.29 is 9.53 Å². The predicted molar refractivity (Wildman–Crippen MR) is 82.2 cm³/mol. The summed E-state index contributed by atoms with van der Waals surface area (Å²) >= 11 is 1.63. The Morgan fingerprint density at radius 3 is 2.75 bits per heavy atom. The van der Waals surface area contributed by atoms with E-state index in [2.05, 4.69) is 0 Å². The number of aromatic nitrogens is 1. The van der Waals surface area contributed by atoms with Crippen LogP contribution >= 0.6 is 11.3 Å². The average molecular weight is 285 g/mol. The molecule has 0 radical (unpaired) electrons. The Balaban J connectivity index is 2.34. The molecule has 3 aromatic rings. The third-order valence-corrected chi connectivity index (χ3v) is 4.23. The van der Waals surface area contributed by atoms with Crippen molar-refractivity contribution in [3.63, 3.8) is 0 Å². The minimum atomic E-state index is -0.269. The summed E-state index contributed by atoms with van der Waals surface area (Å²) in [5, 5.41) is 3.10. The summed E-state index contributed by atoms with van der Waals surface area (Å²) in [6.07, 6.45) is 0. The lowest BCUT2D eigenvalue weighted by Crippen LogP contribution is -2.10. The van der Waals surface area contributed by atoms with Gasteiger partial charge in [0.2, 0.25) is 0 Å². The third kappa shape index (κ3) is 1.93. The lowest BCUT2D eigenvalue weighted by molar-refractivity contribution is 0.0517. The molecule has 1 aromatic carbocycles. The van der Waals surface area contributed by atoms with Crippen LogP contribution in [0.5, 0.6) is 0 Å². The minimum absolute atomic E-state index is 0.269. The van der Waals surface area contributed by atoms with Gasteiger partial charge >= 0.3 is 5.97 Å². The summed E-state index contributed by atoms with van der Waals surface area (Å²) < 4.78 is 7.14. The van der Waals surface area contributed by atoms with Crippen molar-refractivity contribution in [3.05, 3.63) is 47.5 Å². The molecule has 0 saturated heterocycles. The van der Waals surface area contributed by atoms with E-state index in [-0.39, 0.29) is 5.97 Å². The van der Waals surface area contributed by atoms with E-state index < -0.39 is 0 Å². The van der Waals surface area contributed by atoms with Crippen LogP contribution in [0.15, 0.2) is 41.8 Å². The quantitative estimate of drug-likeness (QED) is 0.679. The van der Waals surface area contributed by atoms with Crippen LogP contribution in [0.3, 0.4) is 0 Å². The largest absolute Gasteiger partial charge is 0.461 e. The fourth-order valence-electron chi connectivity index (χ4n) is 2.50. The number of rotatable bonds is 3. The van der Waals surface area contributed by atoms with Crippen LogP contribution < -0.4 is 0 Å². The number of hydrogen-bond donors (Lipinski definition) is 0. The van der Waals surface area contributed by atoms with Crippen molar-refractivity contribution in [2.45, 2.75) is 6.92 Å². The van der Waals surface area contributed by atoms with Crippen molar-refractivity contribution in [2.75, 3.05) is 6.61 Å². The first-order chi connectivity index (χ1) is 9.74.